The fourth-order valence-electron chi connectivity index (χ4n) is 3.79. The van der Waals surface area contributed by atoms with Gasteiger partial charge in [-0.2, -0.15) is 0 Å². The molecule has 2 aromatic carbocycles. The van der Waals surface area contributed by atoms with E-state index >= 15 is 0 Å². The first-order chi connectivity index (χ1) is 13.1. The van der Waals surface area contributed by atoms with Gasteiger partial charge in [-0.25, -0.2) is 4.79 Å². The highest BCUT2D eigenvalue weighted by molar-refractivity contribution is 6.01. The number of fused-ring (bicyclic) bond motifs is 1. The number of nitrogens with zero attached hydrogens (tertiary/aromatic N) is 1. The molecule has 1 aromatic heterocycles. The van der Waals surface area contributed by atoms with E-state index in [4.69, 9.17) is 10.2 Å². The van der Waals surface area contributed by atoms with Crippen molar-refractivity contribution in [2.24, 2.45) is 11.7 Å². The highest BCUT2D eigenvalue weighted by Gasteiger charge is 2.26. The molecular formula is C22H22N2O3. The van der Waals surface area contributed by atoms with Crippen molar-refractivity contribution in [2.75, 3.05) is 19.6 Å². The molecule has 1 unspecified atom stereocenters. The predicted octanol–water partition coefficient (Wildman–Crippen LogP) is 3.19. The predicted molar refractivity (Wildman–Crippen MR) is 106 cm³/mol. The third-order valence-corrected chi connectivity index (χ3v) is 5.33. The molecule has 0 aliphatic carbocycles. The monoisotopic (exact) mass is 362 g/mol. The molecule has 138 valence electrons. The number of benzene rings is 2. The summed E-state index contributed by atoms with van der Waals surface area (Å²) in [4.78, 5) is 26.8. The Labute approximate surface area is 157 Å². The molecule has 1 aliphatic heterocycles. The third kappa shape index (κ3) is 3.26. The summed E-state index contributed by atoms with van der Waals surface area (Å²) in [5.74, 6) is 0.316. The summed E-state index contributed by atoms with van der Waals surface area (Å²) in [5.41, 5.74) is 9.15. The van der Waals surface area contributed by atoms with E-state index in [2.05, 4.69) is 0 Å². The van der Waals surface area contributed by atoms with E-state index in [1.165, 1.54) is 6.07 Å². The molecule has 0 radical (unpaired) electrons. The van der Waals surface area contributed by atoms with Crippen LogP contribution < -0.4 is 11.4 Å². The van der Waals surface area contributed by atoms with Crippen molar-refractivity contribution in [2.45, 2.75) is 13.3 Å². The lowest BCUT2D eigenvalue weighted by atomic mass is 9.97. The standard InChI is InChI=1S/C22H22N2O3/c1-14-4-2-3-5-17(14)19-11-21(25)27-20-10-16(6-7-18(19)20)22(26)24-9-8-15(12-23)13-24/h2-7,10-11,15H,8-9,12-13,23H2,1H3. The Bertz CT molecular complexity index is 1070. The van der Waals surface area contributed by atoms with Crippen LogP contribution in [0.4, 0.5) is 0 Å². The van der Waals surface area contributed by atoms with E-state index in [0.717, 1.165) is 28.5 Å². The zero-order valence-electron chi connectivity index (χ0n) is 15.3. The van der Waals surface area contributed by atoms with Gasteiger partial charge in [0, 0.05) is 35.7 Å². The van der Waals surface area contributed by atoms with E-state index in [9.17, 15) is 9.59 Å². The number of aryl methyl sites for hydroxylation is 1. The molecule has 2 N–H and O–H groups in total. The highest BCUT2D eigenvalue weighted by atomic mass is 16.4. The SMILES string of the molecule is Cc1ccccc1-c1cc(=O)oc2cc(C(=O)N3CCC(CN)C3)ccc12. The highest BCUT2D eigenvalue weighted by Crippen LogP contribution is 2.30. The van der Waals surface area contributed by atoms with Gasteiger partial charge < -0.3 is 15.1 Å². The van der Waals surface area contributed by atoms with Gasteiger partial charge in [0.2, 0.25) is 0 Å². The van der Waals surface area contributed by atoms with E-state index in [0.29, 0.717) is 36.7 Å². The molecule has 1 aliphatic rings. The Morgan fingerprint density at radius 3 is 2.74 bits per heavy atom. The van der Waals surface area contributed by atoms with Gasteiger partial charge >= 0.3 is 5.63 Å². The number of carbonyl (C=O) groups is 1. The zero-order valence-corrected chi connectivity index (χ0v) is 15.3. The Kier molecular flexibility index (Phi) is 4.54. The van der Waals surface area contributed by atoms with Gasteiger partial charge in [-0.15, -0.1) is 0 Å². The Balaban J connectivity index is 1.77. The second kappa shape index (κ2) is 7.00. The second-order valence-electron chi connectivity index (χ2n) is 7.15. The van der Waals surface area contributed by atoms with Crippen LogP contribution in [0.2, 0.25) is 0 Å². The topological polar surface area (TPSA) is 76.5 Å². The molecular weight excluding hydrogens is 340 g/mol. The maximum atomic E-state index is 12.8. The molecule has 2 heterocycles. The number of hydrogen-bond donors (Lipinski definition) is 1. The maximum Gasteiger partial charge on any atom is 0.336 e. The van der Waals surface area contributed by atoms with Crippen LogP contribution in [-0.4, -0.2) is 30.4 Å². The molecule has 3 aromatic rings. The van der Waals surface area contributed by atoms with Crippen LogP contribution in [0, 0.1) is 12.8 Å². The van der Waals surface area contributed by atoms with Crippen LogP contribution in [-0.2, 0) is 0 Å². The fraction of sp³-hybridized carbons (Fsp3) is 0.273. The first-order valence-corrected chi connectivity index (χ1v) is 9.20. The molecule has 0 spiro atoms. The van der Waals surface area contributed by atoms with Gasteiger partial charge in [0.15, 0.2) is 0 Å². The quantitative estimate of drug-likeness (QED) is 0.726. The molecule has 1 amide bonds. The summed E-state index contributed by atoms with van der Waals surface area (Å²) in [6, 6.07) is 14.8. The van der Waals surface area contributed by atoms with Crippen molar-refractivity contribution in [3.05, 3.63) is 70.1 Å². The van der Waals surface area contributed by atoms with Crippen LogP contribution >= 0.6 is 0 Å². The Morgan fingerprint density at radius 1 is 1.19 bits per heavy atom. The molecule has 27 heavy (non-hydrogen) atoms. The Morgan fingerprint density at radius 2 is 2.00 bits per heavy atom. The molecule has 5 nitrogen and oxygen atoms in total. The summed E-state index contributed by atoms with van der Waals surface area (Å²) in [6.07, 6.45) is 0.933. The number of nitrogens with two attached hydrogens (primary N) is 1. The van der Waals surface area contributed by atoms with Crippen LogP contribution in [0.5, 0.6) is 0 Å². The van der Waals surface area contributed by atoms with Gasteiger partial charge in [0.25, 0.3) is 5.91 Å². The molecule has 5 heteroatoms. The summed E-state index contributed by atoms with van der Waals surface area (Å²) in [5, 5.41) is 0.821. The van der Waals surface area contributed by atoms with Crippen molar-refractivity contribution in [1.82, 2.24) is 4.90 Å². The normalized spacial score (nSPS) is 16.8. The van der Waals surface area contributed by atoms with E-state index in [1.807, 2.05) is 48.2 Å². The van der Waals surface area contributed by atoms with Gasteiger partial charge in [0.1, 0.15) is 5.58 Å². The number of rotatable bonds is 3. The van der Waals surface area contributed by atoms with Crippen molar-refractivity contribution in [3.63, 3.8) is 0 Å². The lowest BCUT2D eigenvalue weighted by Gasteiger charge is -2.17. The number of carbonyl (C=O) groups excluding carboxylic acids is 1. The summed E-state index contributed by atoms with van der Waals surface area (Å²) < 4.78 is 5.41. The second-order valence-corrected chi connectivity index (χ2v) is 7.15. The van der Waals surface area contributed by atoms with E-state index in [-0.39, 0.29) is 5.91 Å². The van der Waals surface area contributed by atoms with Crippen LogP contribution in [0.25, 0.3) is 22.1 Å². The van der Waals surface area contributed by atoms with Crippen molar-refractivity contribution < 1.29 is 9.21 Å². The van der Waals surface area contributed by atoms with Crippen molar-refractivity contribution >= 4 is 16.9 Å². The summed E-state index contributed by atoms with van der Waals surface area (Å²) >= 11 is 0. The Hall–Kier alpha value is -2.92. The maximum absolute atomic E-state index is 12.8. The fourth-order valence-corrected chi connectivity index (χ4v) is 3.79. The van der Waals surface area contributed by atoms with Crippen LogP contribution in [0.1, 0.15) is 22.3 Å². The average molecular weight is 362 g/mol. The first kappa shape index (κ1) is 17.5. The van der Waals surface area contributed by atoms with Crippen LogP contribution in [0.15, 0.2) is 57.7 Å². The van der Waals surface area contributed by atoms with E-state index in [1.54, 1.807) is 6.07 Å². The average Bonchev–Trinajstić information content (AvgIpc) is 3.16. The van der Waals surface area contributed by atoms with Gasteiger partial charge in [0.05, 0.1) is 0 Å². The smallest absolute Gasteiger partial charge is 0.336 e. The minimum Gasteiger partial charge on any atom is -0.423 e. The van der Waals surface area contributed by atoms with Crippen LogP contribution in [0.3, 0.4) is 0 Å². The molecule has 0 saturated carbocycles. The molecule has 1 saturated heterocycles. The molecule has 1 atom stereocenters. The summed E-state index contributed by atoms with van der Waals surface area (Å²) in [7, 11) is 0. The number of hydrogen-bond acceptors (Lipinski definition) is 4. The zero-order chi connectivity index (χ0) is 19.0. The summed E-state index contributed by atoms with van der Waals surface area (Å²) in [6.45, 7) is 4.00. The van der Waals surface area contributed by atoms with Crippen molar-refractivity contribution in [1.29, 1.82) is 0 Å². The minimum absolute atomic E-state index is 0.0446. The minimum atomic E-state index is -0.422. The van der Waals surface area contributed by atoms with Gasteiger partial charge in [-0.1, -0.05) is 24.3 Å². The molecule has 1 fully saturated rings. The molecule has 0 bridgehead atoms. The lowest BCUT2D eigenvalue weighted by Crippen LogP contribution is -2.29. The largest absolute Gasteiger partial charge is 0.423 e. The van der Waals surface area contributed by atoms with Crippen molar-refractivity contribution in [3.8, 4) is 11.1 Å². The van der Waals surface area contributed by atoms with Gasteiger partial charge in [-0.05, 0) is 55.1 Å². The third-order valence-electron chi connectivity index (χ3n) is 5.33. The van der Waals surface area contributed by atoms with Gasteiger partial charge in [-0.3, -0.25) is 4.79 Å². The number of likely N-dealkylation sites (tertiary alicyclic amines) is 1. The lowest BCUT2D eigenvalue weighted by molar-refractivity contribution is 0.0787. The first-order valence-electron chi connectivity index (χ1n) is 9.20. The van der Waals surface area contributed by atoms with E-state index < -0.39 is 5.63 Å². The molecule has 4 rings (SSSR count). The number of amides is 1.